The highest BCUT2D eigenvalue weighted by atomic mass is 79.9. The summed E-state index contributed by atoms with van der Waals surface area (Å²) in [6.07, 6.45) is 0. The van der Waals surface area contributed by atoms with Crippen molar-refractivity contribution < 1.29 is 0 Å². The zero-order valence-electron chi connectivity index (χ0n) is 8.54. The van der Waals surface area contributed by atoms with Gasteiger partial charge in [0.1, 0.15) is 5.82 Å². The number of benzene rings is 1. The van der Waals surface area contributed by atoms with E-state index in [4.69, 9.17) is 5.73 Å². The van der Waals surface area contributed by atoms with Crippen molar-refractivity contribution in [3.05, 3.63) is 38.9 Å². The molecule has 2 N–H and O–H groups in total. The molecule has 0 saturated carbocycles. The first-order valence-corrected chi connectivity index (χ1v) is 6.22. The van der Waals surface area contributed by atoms with Crippen LogP contribution in [0.25, 0.3) is 11.4 Å². The van der Waals surface area contributed by atoms with E-state index < -0.39 is 0 Å². The topological polar surface area (TPSA) is 51.8 Å². The SMILES string of the molecule is Cc1nc(-c2cccc(Br)c2)nc(N)c1Br. The zero-order valence-corrected chi connectivity index (χ0v) is 11.7. The van der Waals surface area contributed by atoms with Gasteiger partial charge < -0.3 is 5.73 Å². The summed E-state index contributed by atoms with van der Waals surface area (Å²) >= 11 is 6.76. The summed E-state index contributed by atoms with van der Waals surface area (Å²) in [7, 11) is 0. The summed E-state index contributed by atoms with van der Waals surface area (Å²) in [5, 5.41) is 0. The van der Waals surface area contributed by atoms with Crippen LogP contribution >= 0.6 is 31.9 Å². The Balaban J connectivity index is 2.57. The van der Waals surface area contributed by atoms with Crippen LogP contribution in [0.3, 0.4) is 0 Å². The van der Waals surface area contributed by atoms with Crippen molar-refractivity contribution in [1.82, 2.24) is 9.97 Å². The highest BCUT2D eigenvalue weighted by molar-refractivity contribution is 9.10. The van der Waals surface area contributed by atoms with Crippen LogP contribution in [0.15, 0.2) is 33.2 Å². The molecular weight excluding hydrogens is 334 g/mol. The standard InChI is InChI=1S/C11H9Br2N3/c1-6-9(13)10(14)16-11(15-6)7-3-2-4-8(12)5-7/h2-5H,1H3,(H2,14,15,16). The average Bonchev–Trinajstić information content (AvgIpc) is 2.25. The summed E-state index contributed by atoms with van der Waals surface area (Å²) in [5.41, 5.74) is 7.56. The number of aromatic nitrogens is 2. The monoisotopic (exact) mass is 341 g/mol. The molecule has 2 aromatic rings. The van der Waals surface area contributed by atoms with Gasteiger partial charge in [-0.1, -0.05) is 28.1 Å². The summed E-state index contributed by atoms with van der Waals surface area (Å²) in [4.78, 5) is 8.63. The number of nitrogen functional groups attached to an aromatic ring is 1. The lowest BCUT2D eigenvalue weighted by molar-refractivity contribution is 1.10. The molecule has 0 spiro atoms. The summed E-state index contributed by atoms with van der Waals surface area (Å²) in [5.74, 6) is 1.10. The van der Waals surface area contributed by atoms with Gasteiger partial charge in [0.15, 0.2) is 5.82 Å². The fourth-order valence-corrected chi connectivity index (χ4v) is 1.91. The molecule has 0 amide bonds. The third-order valence-corrected chi connectivity index (χ3v) is 3.60. The number of nitrogens with two attached hydrogens (primary N) is 1. The highest BCUT2D eigenvalue weighted by Gasteiger charge is 2.08. The Bertz CT molecular complexity index is 517. The van der Waals surface area contributed by atoms with Crippen molar-refractivity contribution in [1.29, 1.82) is 0 Å². The number of hydrogen-bond acceptors (Lipinski definition) is 3. The van der Waals surface area contributed by atoms with Crippen molar-refractivity contribution in [2.24, 2.45) is 0 Å². The van der Waals surface area contributed by atoms with E-state index in [2.05, 4.69) is 41.8 Å². The number of halogens is 2. The van der Waals surface area contributed by atoms with E-state index in [-0.39, 0.29) is 0 Å². The molecule has 1 aromatic heterocycles. The predicted octanol–water partition coefficient (Wildman–Crippen LogP) is 3.56. The van der Waals surface area contributed by atoms with Crippen LogP contribution in [0.2, 0.25) is 0 Å². The van der Waals surface area contributed by atoms with E-state index in [1.807, 2.05) is 31.2 Å². The molecule has 2 rings (SSSR count). The Morgan fingerprint density at radius 2 is 1.94 bits per heavy atom. The number of rotatable bonds is 1. The predicted molar refractivity (Wildman–Crippen MR) is 72.0 cm³/mol. The van der Waals surface area contributed by atoms with E-state index in [9.17, 15) is 0 Å². The fourth-order valence-electron chi connectivity index (χ4n) is 1.34. The molecule has 82 valence electrons. The third kappa shape index (κ3) is 2.25. The molecule has 0 unspecified atom stereocenters. The van der Waals surface area contributed by atoms with Crippen LogP contribution in [0.1, 0.15) is 5.69 Å². The quantitative estimate of drug-likeness (QED) is 0.862. The molecular formula is C11H9Br2N3. The maximum absolute atomic E-state index is 5.79. The first-order chi connectivity index (χ1) is 7.58. The molecule has 0 aliphatic carbocycles. The summed E-state index contributed by atoms with van der Waals surface area (Å²) < 4.78 is 1.75. The van der Waals surface area contributed by atoms with Gasteiger partial charge >= 0.3 is 0 Å². The van der Waals surface area contributed by atoms with Gasteiger partial charge in [0.25, 0.3) is 0 Å². The molecule has 0 aliphatic heterocycles. The van der Waals surface area contributed by atoms with Gasteiger partial charge in [-0.25, -0.2) is 9.97 Å². The highest BCUT2D eigenvalue weighted by Crippen LogP contribution is 2.25. The van der Waals surface area contributed by atoms with Crippen LogP contribution in [-0.2, 0) is 0 Å². The maximum Gasteiger partial charge on any atom is 0.161 e. The van der Waals surface area contributed by atoms with Crippen LogP contribution in [0.4, 0.5) is 5.82 Å². The van der Waals surface area contributed by atoms with Crippen LogP contribution in [0.5, 0.6) is 0 Å². The van der Waals surface area contributed by atoms with E-state index in [0.29, 0.717) is 11.6 Å². The van der Waals surface area contributed by atoms with Crippen LogP contribution in [0, 0.1) is 6.92 Å². The molecule has 0 atom stereocenters. The Labute approximate surface area is 110 Å². The second-order valence-corrected chi connectivity index (χ2v) is 5.05. The molecule has 3 nitrogen and oxygen atoms in total. The first kappa shape index (κ1) is 11.5. The van der Waals surface area contributed by atoms with E-state index in [0.717, 1.165) is 20.2 Å². The molecule has 16 heavy (non-hydrogen) atoms. The lowest BCUT2D eigenvalue weighted by Gasteiger charge is -2.06. The van der Waals surface area contributed by atoms with Crippen molar-refractivity contribution in [3.8, 4) is 11.4 Å². The van der Waals surface area contributed by atoms with Gasteiger partial charge in [-0.2, -0.15) is 0 Å². The summed E-state index contributed by atoms with van der Waals surface area (Å²) in [6, 6.07) is 7.81. The molecule has 0 bridgehead atoms. The molecule has 0 saturated heterocycles. The first-order valence-electron chi connectivity index (χ1n) is 4.63. The largest absolute Gasteiger partial charge is 0.383 e. The van der Waals surface area contributed by atoms with Gasteiger partial charge in [-0.15, -0.1) is 0 Å². The molecule has 0 fully saturated rings. The lowest BCUT2D eigenvalue weighted by Crippen LogP contribution is -1.99. The zero-order chi connectivity index (χ0) is 11.7. The molecule has 0 radical (unpaired) electrons. The number of hydrogen-bond donors (Lipinski definition) is 1. The van der Waals surface area contributed by atoms with Gasteiger partial charge in [0.2, 0.25) is 0 Å². The second-order valence-electron chi connectivity index (χ2n) is 3.34. The fraction of sp³-hybridized carbons (Fsp3) is 0.0909. The minimum absolute atomic E-state index is 0.461. The second kappa shape index (κ2) is 4.51. The lowest BCUT2D eigenvalue weighted by atomic mass is 10.2. The van der Waals surface area contributed by atoms with Crippen molar-refractivity contribution in [2.75, 3.05) is 5.73 Å². The molecule has 5 heteroatoms. The smallest absolute Gasteiger partial charge is 0.161 e. The van der Waals surface area contributed by atoms with Crippen LogP contribution < -0.4 is 5.73 Å². The number of aryl methyl sites for hydroxylation is 1. The van der Waals surface area contributed by atoms with Crippen molar-refractivity contribution >= 4 is 37.7 Å². The summed E-state index contributed by atoms with van der Waals surface area (Å²) in [6.45, 7) is 1.89. The van der Waals surface area contributed by atoms with E-state index >= 15 is 0 Å². The van der Waals surface area contributed by atoms with Gasteiger partial charge in [0, 0.05) is 10.0 Å². The van der Waals surface area contributed by atoms with E-state index in [1.165, 1.54) is 0 Å². The van der Waals surface area contributed by atoms with Gasteiger partial charge in [-0.3, -0.25) is 0 Å². The van der Waals surface area contributed by atoms with Crippen LogP contribution in [-0.4, -0.2) is 9.97 Å². The Hall–Kier alpha value is -0.940. The van der Waals surface area contributed by atoms with Crippen molar-refractivity contribution in [2.45, 2.75) is 6.92 Å². The Morgan fingerprint density at radius 3 is 2.56 bits per heavy atom. The molecule has 0 aliphatic rings. The minimum Gasteiger partial charge on any atom is -0.383 e. The minimum atomic E-state index is 0.461. The Kier molecular flexibility index (Phi) is 3.25. The Morgan fingerprint density at radius 1 is 1.19 bits per heavy atom. The maximum atomic E-state index is 5.79. The molecule has 1 heterocycles. The van der Waals surface area contributed by atoms with Crippen molar-refractivity contribution in [3.63, 3.8) is 0 Å². The molecule has 1 aromatic carbocycles. The third-order valence-electron chi connectivity index (χ3n) is 2.13. The van der Waals surface area contributed by atoms with Gasteiger partial charge in [-0.05, 0) is 35.0 Å². The number of nitrogens with zero attached hydrogens (tertiary/aromatic N) is 2. The van der Waals surface area contributed by atoms with Gasteiger partial charge in [0.05, 0.1) is 10.2 Å². The average molecular weight is 343 g/mol. The normalized spacial score (nSPS) is 10.4. The van der Waals surface area contributed by atoms with E-state index in [1.54, 1.807) is 0 Å². The number of anilines is 1.